The van der Waals surface area contributed by atoms with Crippen molar-refractivity contribution in [2.45, 2.75) is 54.6 Å². The Bertz CT molecular complexity index is 1450. The number of benzene rings is 2. The third-order valence-electron chi connectivity index (χ3n) is 7.71. The highest BCUT2D eigenvalue weighted by atomic mass is 16.5. The number of ether oxygens (including phenoxy) is 1. The molecule has 4 rings (SSSR count). The van der Waals surface area contributed by atoms with Crippen LogP contribution in [0.4, 0.5) is 5.69 Å². The number of carbonyl (C=O) groups is 2. The smallest absolute Gasteiger partial charge is 0.253 e. The minimum Gasteiger partial charge on any atom is -0.379 e. The SMILES string of the molecule is CCN(C(=O)C(C)C)c1cc(-c2ccc(CN3CCOCC3)cc2)cc(C(=O)NCc2c(C)cc(C)[nH]c2=O)c1C. The highest BCUT2D eigenvalue weighted by Crippen LogP contribution is 2.32. The molecule has 0 aliphatic carbocycles. The zero-order valence-electron chi connectivity index (χ0n) is 25.1. The number of rotatable bonds is 9. The van der Waals surface area contributed by atoms with Crippen molar-refractivity contribution in [2.75, 3.05) is 37.7 Å². The van der Waals surface area contributed by atoms with Crippen LogP contribution < -0.4 is 15.8 Å². The Hall–Kier alpha value is -3.75. The first-order valence-electron chi connectivity index (χ1n) is 14.4. The number of H-pyrrole nitrogens is 1. The normalized spacial score (nSPS) is 13.8. The van der Waals surface area contributed by atoms with Gasteiger partial charge >= 0.3 is 0 Å². The van der Waals surface area contributed by atoms with E-state index in [-0.39, 0.29) is 29.8 Å². The lowest BCUT2D eigenvalue weighted by Crippen LogP contribution is -2.35. The van der Waals surface area contributed by atoms with E-state index in [1.807, 2.05) is 59.7 Å². The molecule has 218 valence electrons. The van der Waals surface area contributed by atoms with Gasteiger partial charge in [0.1, 0.15) is 0 Å². The minimum absolute atomic E-state index is 0.00165. The first kappa shape index (κ1) is 30.2. The maximum Gasteiger partial charge on any atom is 0.253 e. The summed E-state index contributed by atoms with van der Waals surface area (Å²) >= 11 is 0. The molecule has 1 aliphatic rings. The van der Waals surface area contributed by atoms with Crippen molar-refractivity contribution in [3.63, 3.8) is 0 Å². The molecule has 1 saturated heterocycles. The van der Waals surface area contributed by atoms with Gasteiger partial charge in [-0.15, -0.1) is 0 Å². The Kier molecular flexibility index (Phi) is 9.78. The van der Waals surface area contributed by atoms with E-state index in [2.05, 4.69) is 39.5 Å². The van der Waals surface area contributed by atoms with Gasteiger partial charge < -0.3 is 19.9 Å². The van der Waals surface area contributed by atoms with Gasteiger partial charge in [-0.2, -0.15) is 0 Å². The van der Waals surface area contributed by atoms with E-state index < -0.39 is 0 Å². The van der Waals surface area contributed by atoms with Crippen LogP contribution in [-0.4, -0.2) is 54.5 Å². The van der Waals surface area contributed by atoms with Crippen LogP contribution >= 0.6 is 0 Å². The molecule has 0 spiro atoms. The van der Waals surface area contributed by atoms with E-state index in [1.165, 1.54) is 5.56 Å². The van der Waals surface area contributed by atoms with E-state index in [1.54, 1.807) is 4.90 Å². The van der Waals surface area contributed by atoms with Crippen molar-refractivity contribution in [3.05, 3.63) is 86.3 Å². The van der Waals surface area contributed by atoms with E-state index >= 15 is 0 Å². The Labute approximate surface area is 242 Å². The quantitative estimate of drug-likeness (QED) is 0.396. The van der Waals surface area contributed by atoms with Crippen LogP contribution in [0.25, 0.3) is 11.1 Å². The molecule has 0 bridgehead atoms. The Morgan fingerprint density at radius 2 is 1.71 bits per heavy atom. The van der Waals surface area contributed by atoms with Crippen molar-refractivity contribution >= 4 is 17.5 Å². The largest absolute Gasteiger partial charge is 0.379 e. The molecule has 0 atom stereocenters. The summed E-state index contributed by atoms with van der Waals surface area (Å²) in [6.45, 7) is 16.1. The average Bonchev–Trinajstić information content (AvgIpc) is 2.94. The second-order valence-corrected chi connectivity index (χ2v) is 11.1. The summed E-state index contributed by atoms with van der Waals surface area (Å²) in [6, 6.07) is 14.2. The third-order valence-corrected chi connectivity index (χ3v) is 7.71. The lowest BCUT2D eigenvalue weighted by atomic mass is 9.95. The van der Waals surface area contributed by atoms with Gasteiger partial charge in [0.2, 0.25) is 5.91 Å². The van der Waals surface area contributed by atoms with E-state index in [4.69, 9.17) is 4.74 Å². The maximum absolute atomic E-state index is 13.6. The number of aromatic amines is 1. The summed E-state index contributed by atoms with van der Waals surface area (Å²) in [4.78, 5) is 46.3. The molecular formula is C33H42N4O4. The van der Waals surface area contributed by atoms with Crippen LogP contribution in [0.5, 0.6) is 0 Å². The van der Waals surface area contributed by atoms with Gasteiger partial charge in [-0.05, 0) is 73.7 Å². The molecule has 1 aromatic heterocycles. The number of nitrogens with zero attached hydrogens (tertiary/aromatic N) is 2. The zero-order chi connectivity index (χ0) is 29.7. The number of anilines is 1. The third kappa shape index (κ3) is 7.13. The molecule has 2 N–H and O–H groups in total. The monoisotopic (exact) mass is 558 g/mol. The fraction of sp³-hybridized carbons (Fsp3) is 0.424. The van der Waals surface area contributed by atoms with Gasteiger partial charge in [0.05, 0.1) is 13.2 Å². The summed E-state index contributed by atoms with van der Waals surface area (Å²) < 4.78 is 5.47. The first-order valence-corrected chi connectivity index (χ1v) is 14.4. The number of pyridine rings is 1. The van der Waals surface area contributed by atoms with Crippen molar-refractivity contribution in [3.8, 4) is 11.1 Å². The summed E-state index contributed by atoms with van der Waals surface area (Å²) in [5, 5.41) is 2.95. The van der Waals surface area contributed by atoms with Crippen LogP contribution in [0.1, 0.15) is 59.1 Å². The Morgan fingerprint density at radius 1 is 1.02 bits per heavy atom. The number of hydrogen-bond donors (Lipinski definition) is 2. The molecule has 3 aromatic rings. The van der Waals surface area contributed by atoms with Crippen molar-refractivity contribution in [1.82, 2.24) is 15.2 Å². The zero-order valence-corrected chi connectivity index (χ0v) is 25.1. The van der Waals surface area contributed by atoms with E-state index in [9.17, 15) is 14.4 Å². The highest BCUT2D eigenvalue weighted by molar-refractivity contribution is 6.02. The predicted molar refractivity (Wildman–Crippen MR) is 163 cm³/mol. The molecule has 2 heterocycles. The Balaban J connectivity index is 1.69. The number of morpholine rings is 1. The van der Waals surface area contributed by atoms with Crippen LogP contribution in [-0.2, 0) is 22.6 Å². The van der Waals surface area contributed by atoms with Crippen molar-refractivity contribution in [1.29, 1.82) is 0 Å². The maximum atomic E-state index is 13.6. The van der Waals surface area contributed by atoms with E-state index in [0.29, 0.717) is 17.7 Å². The second kappa shape index (κ2) is 13.3. The van der Waals surface area contributed by atoms with Crippen LogP contribution in [0, 0.1) is 26.7 Å². The minimum atomic E-state index is -0.290. The Morgan fingerprint density at radius 3 is 2.32 bits per heavy atom. The first-order chi connectivity index (χ1) is 19.6. The van der Waals surface area contributed by atoms with Gasteiger partial charge in [0.25, 0.3) is 11.5 Å². The van der Waals surface area contributed by atoms with Gasteiger partial charge in [0, 0.05) is 61.1 Å². The molecule has 1 aliphatic heterocycles. The average molecular weight is 559 g/mol. The number of hydrogen-bond acceptors (Lipinski definition) is 5. The fourth-order valence-electron chi connectivity index (χ4n) is 5.32. The van der Waals surface area contributed by atoms with Gasteiger partial charge in [-0.3, -0.25) is 19.3 Å². The summed E-state index contributed by atoms with van der Waals surface area (Å²) in [5.41, 5.74) is 6.88. The molecule has 8 heteroatoms. The fourth-order valence-corrected chi connectivity index (χ4v) is 5.32. The number of aryl methyl sites for hydroxylation is 2. The molecular weight excluding hydrogens is 516 g/mol. The van der Waals surface area contributed by atoms with E-state index in [0.717, 1.165) is 66.5 Å². The van der Waals surface area contributed by atoms with Crippen molar-refractivity contribution in [2.24, 2.45) is 5.92 Å². The highest BCUT2D eigenvalue weighted by Gasteiger charge is 2.23. The van der Waals surface area contributed by atoms with Crippen LogP contribution in [0.3, 0.4) is 0 Å². The summed E-state index contributed by atoms with van der Waals surface area (Å²) in [7, 11) is 0. The standard InChI is InChI=1S/C33H42N4O4/c1-7-37(33(40)21(2)3)30-18-27(26-10-8-25(9-11-26)20-36-12-14-41-15-13-36)17-28(24(30)6)31(38)34-19-29-22(4)16-23(5)35-32(29)39/h8-11,16-18,21H,7,12-15,19-20H2,1-6H3,(H,34,38)(H,35,39). The summed E-state index contributed by atoms with van der Waals surface area (Å²) in [5.74, 6) is -0.477. The molecule has 41 heavy (non-hydrogen) atoms. The molecule has 0 radical (unpaired) electrons. The van der Waals surface area contributed by atoms with Crippen LogP contribution in [0.2, 0.25) is 0 Å². The number of aromatic nitrogens is 1. The van der Waals surface area contributed by atoms with Gasteiger partial charge in [-0.1, -0.05) is 38.1 Å². The molecule has 2 aromatic carbocycles. The molecule has 0 saturated carbocycles. The van der Waals surface area contributed by atoms with Crippen molar-refractivity contribution < 1.29 is 14.3 Å². The van der Waals surface area contributed by atoms with Gasteiger partial charge in [-0.25, -0.2) is 0 Å². The predicted octanol–water partition coefficient (Wildman–Crippen LogP) is 4.74. The second-order valence-electron chi connectivity index (χ2n) is 11.1. The lowest BCUT2D eigenvalue weighted by Gasteiger charge is -2.27. The molecule has 8 nitrogen and oxygen atoms in total. The number of nitrogens with one attached hydrogen (secondary N) is 2. The number of carbonyl (C=O) groups excluding carboxylic acids is 2. The lowest BCUT2D eigenvalue weighted by molar-refractivity contribution is -0.121. The molecule has 1 fully saturated rings. The molecule has 2 amide bonds. The molecule has 0 unspecified atom stereocenters. The topological polar surface area (TPSA) is 94.7 Å². The summed E-state index contributed by atoms with van der Waals surface area (Å²) in [6.07, 6.45) is 0. The van der Waals surface area contributed by atoms with Gasteiger partial charge in [0.15, 0.2) is 0 Å². The van der Waals surface area contributed by atoms with Crippen LogP contribution in [0.15, 0.2) is 47.3 Å². The number of amides is 2.